The molecule has 0 aliphatic carbocycles. The molecular weight excluding hydrogens is 409 g/mol. The second-order valence-electron chi connectivity index (χ2n) is 7.41. The minimum atomic E-state index is -0.310. The van der Waals surface area contributed by atoms with Crippen LogP contribution in [-0.4, -0.2) is 31.5 Å². The molecule has 5 aromatic rings. The molecule has 0 fully saturated rings. The molecule has 3 aromatic heterocycles. The molecule has 7 nitrogen and oxygen atoms in total. The van der Waals surface area contributed by atoms with Crippen molar-refractivity contribution in [3.63, 3.8) is 0 Å². The number of para-hydroxylation sites is 1. The monoisotopic (exact) mass is 429 g/mol. The summed E-state index contributed by atoms with van der Waals surface area (Å²) in [6.45, 7) is 2.34. The predicted octanol–water partition coefficient (Wildman–Crippen LogP) is 3.86. The third kappa shape index (κ3) is 3.20. The van der Waals surface area contributed by atoms with E-state index in [-0.39, 0.29) is 16.9 Å². The summed E-state index contributed by atoms with van der Waals surface area (Å²) < 4.78 is 22.0. The molecular formula is C24H20FN5O2. The van der Waals surface area contributed by atoms with Crippen LogP contribution in [0.25, 0.3) is 27.8 Å². The van der Waals surface area contributed by atoms with E-state index in [1.807, 2.05) is 37.3 Å². The van der Waals surface area contributed by atoms with Gasteiger partial charge in [0.1, 0.15) is 17.1 Å². The minimum Gasteiger partial charge on any atom is -0.496 e. The molecule has 32 heavy (non-hydrogen) atoms. The average molecular weight is 429 g/mol. The van der Waals surface area contributed by atoms with E-state index < -0.39 is 0 Å². The molecule has 2 aromatic carbocycles. The number of aromatic nitrogens is 5. The molecule has 0 aliphatic heterocycles. The summed E-state index contributed by atoms with van der Waals surface area (Å²) in [5, 5.41) is 13.3. The zero-order valence-corrected chi connectivity index (χ0v) is 17.6. The molecule has 160 valence electrons. The van der Waals surface area contributed by atoms with Gasteiger partial charge in [-0.05, 0) is 36.2 Å². The van der Waals surface area contributed by atoms with E-state index in [4.69, 9.17) is 9.84 Å². The second-order valence-corrected chi connectivity index (χ2v) is 7.41. The third-order valence-corrected chi connectivity index (χ3v) is 5.53. The highest BCUT2D eigenvalue weighted by Crippen LogP contribution is 2.29. The van der Waals surface area contributed by atoms with Crippen molar-refractivity contribution in [3.8, 4) is 16.9 Å². The van der Waals surface area contributed by atoms with E-state index >= 15 is 0 Å². The Bertz CT molecular complexity index is 1510. The molecule has 0 saturated heterocycles. The summed E-state index contributed by atoms with van der Waals surface area (Å²) in [6, 6.07) is 15.6. The number of hydrogen-bond acceptors (Lipinski definition) is 5. The van der Waals surface area contributed by atoms with Crippen LogP contribution in [0.5, 0.6) is 5.75 Å². The van der Waals surface area contributed by atoms with Crippen molar-refractivity contribution in [2.45, 2.75) is 19.9 Å². The van der Waals surface area contributed by atoms with Crippen molar-refractivity contribution in [1.29, 1.82) is 0 Å². The molecule has 0 unspecified atom stereocenters. The molecule has 8 heteroatoms. The van der Waals surface area contributed by atoms with Crippen molar-refractivity contribution in [3.05, 3.63) is 88.2 Å². The largest absolute Gasteiger partial charge is 0.496 e. The number of pyridine rings is 1. The number of rotatable bonds is 5. The first-order chi connectivity index (χ1) is 15.6. The molecule has 0 spiro atoms. The number of ether oxygens (including phenoxy) is 1. The third-order valence-electron chi connectivity index (χ3n) is 5.53. The van der Waals surface area contributed by atoms with Crippen LogP contribution in [0.3, 0.4) is 0 Å². The predicted molar refractivity (Wildman–Crippen MR) is 119 cm³/mol. The Morgan fingerprint density at radius 3 is 2.56 bits per heavy atom. The molecule has 0 atom stereocenters. The maximum atomic E-state index is 13.4. The van der Waals surface area contributed by atoms with Crippen LogP contribution in [0.1, 0.15) is 18.2 Å². The van der Waals surface area contributed by atoms with E-state index in [0.29, 0.717) is 29.9 Å². The van der Waals surface area contributed by atoms with Crippen molar-refractivity contribution in [1.82, 2.24) is 24.4 Å². The topological polar surface area (TPSA) is 74.3 Å². The Morgan fingerprint density at radius 1 is 1.03 bits per heavy atom. The Balaban J connectivity index is 1.67. The molecule has 0 N–H and O–H groups in total. The van der Waals surface area contributed by atoms with Crippen molar-refractivity contribution < 1.29 is 9.13 Å². The SMILES string of the molecule is CCc1nn2c(nnc3c(=O)n(Cc4ccccc4OC)ccc32)c1-c1ccc(F)cc1. The van der Waals surface area contributed by atoms with Gasteiger partial charge in [-0.3, -0.25) is 4.79 Å². The molecule has 0 radical (unpaired) electrons. The van der Waals surface area contributed by atoms with Gasteiger partial charge in [0.05, 0.1) is 24.9 Å². The van der Waals surface area contributed by atoms with Gasteiger partial charge in [0, 0.05) is 11.8 Å². The number of halogens is 1. The molecule has 3 heterocycles. The number of benzene rings is 2. The van der Waals surface area contributed by atoms with Gasteiger partial charge in [-0.15, -0.1) is 10.2 Å². The lowest BCUT2D eigenvalue weighted by molar-refractivity contribution is 0.408. The van der Waals surface area contributed by atoms with Crippen molar-refractivity contribution >= 4 is 16.7 Å². The number of aryl methyl sites for hydroxylation is 1. The van der Waals surface area contributed by atoms with Gasteiger partial charge in [-0.1, -0.05) is 37.3 Å². The first-order valence-electron chi connectivity index (χ1n) is 10.3. The lowest BCUT2D eigenvalue weighted by Gasteiger charge is -2.11. The average Bonchev–Trinajstić information content (AvgIpc) is 3.21. The zero-order chi connectivity index (χ0) is 22.2. The lowest BCUT2D eigenvalue weighted by atomic mass is 10.0. The van der Waals surface area contributed by atoms with Crippen LogP contribution >= 0.6 is 0 Å². The number of methoxy groups -OCH3 is 1. The lowest BCUT2D eigenvalue weighted by Crippen LogP contribution is -2.22. The Hall–Kier alpha value is -4.07. The molecule has 0 amide bonds. The summed E-state index contributed by atoms with van der Waals surface area (Å²) in [5.74, 6) is 0.403. The van der Waals surface area contributed by atoms with E-state index in [1.165, 1.54) is 12.1 Å². The highest BCUT2D eigenvalue weighted by Gasteiger charge is 2.19. The van der Waals surface area contributed by atoms with Crippen LogP contribution in [0.4, 0.5) is 4.39 Å². The summed E-state index contributed by atoms with van der Waals surface area (Å²) in [7, 11) is 1.60. The van der Waals surface area contributed by atoms with E-state index in [0.717, 1.165) is 22.4 Å². The fraction of sp³-hybridized carbons (Fsp3) is 0.167. The summed E-state index contributed by atoms with van der Waals surface area (Å²) in [6.07, 6.45) is 2.38. The van der Waals surface area contributed by atoms with Gasteiger partial charge < -0.3 is 9.30 Å². The van der Waals surface area contributed by atoms with Gasteiger partial charge in [0.25, 0.3) is 5.56 Å². The first kappa shape index (κ1) is 19.9. The highest BCUT2D eigenvalue weighted by molar-refractivity contribution is 5.84. The summed E-state index contributed by atoms with van der Waals surface area (Å²) >= 11 is 0. The fourth-order valence-electron chi connectivity index (χ4n) is 3.93. The molecule has 0 bridgehead atoms. The van der Waals surface area contributed by atoms with Gasteiger partial charge >= 0.3 is 0 Å². The van der Waals surface area contributed by atoms with E-state index in [2.05, 4.69) is 10.2 Å². The van der Waals surface area contributed by atoms with Crippen LogP contribution in [-0.2, 0) is 13.0 Å². The number of fused-ring (bicyclic) bond motifs is 3. The normalized spacial score (nSPS) is 11.3. The molecule has 5 rings (SSSR count). The highest BCUT2D eigenvalue weighted by atomic mass is 19.1. The van der Waals surface area contributed by atoms with Gasteiger partial charge in [-0.25, -0.2) is 8.91 Å². The van der Waals surface area contributed by atoms with Crippen LogP contribution < -0.4 is 10.3 Å². The van der Waals surface area contributed by atoms with Gasteiger partial charge in [-0.2, -0.15) is 5.10 Å². The van der Waals surface area contributed by atoms with Crippen LogP contribution in [0.2, 0.25) is 0 Å². The van der Waals surface area contributed by atoms with Gasteiger partial charge in [0.2, 0.25) is 0 Å². The van der Waals surface area contributed by atoms with Crippen molar-refractivity contribution in [2.24, 2.45) is 0 Å². The number of nitrogens with zero attached hydrogens (tertiary/aromatic N) is 5. The Morgan fingerprint density at radius 2 is 1.81 bits per heavy atom. The quantitative estimate of drug-likeness (QED) is 0.424. The summed E-state index contributed by atoms with van der Waals surface area (Å²) in [4.78, 5) is 13.2. The van der Waals surface area contributed by atoms with E-state index in [1.54, 1.807) is 34.5 Å². The second kappa shape index (κ2) is 7.88. The van der Waals surface area contributed by atoms with Crippen LogP contribution in [0, 0.1) is 5.82 Å². The van der Waals surface area contributed by atoms with Crippen LogP contribution in [0.15, 0.2) is 65.6 Å². The molecule has 0 aliphatic rings. The van der Waals surface area contributed by atoms with E-state index in [9.17, 15) is 9.18 Å². The summed E-state index contributed by atoms with van der Waals surface area (Å²) in [5.41, 5.74) is 4.34. The molecule has 0 saturated carbocycles. The fourth-order valence-corrected chi connectivity index (χ4v) is 3.93. The minimum absolute atomic E-state index is 0.228. The maximum absolute atomic E-state index is 13.4. The Labute approximate surface area is 182 Å². The standard InChI is InChI=1S/C24H20FN5O2/c1-3-18-21(15-8-10-17(25)11-9-15)23-27-26-22-19(30(23)28-18)12-13-29(24(22)31)14-16-6-4-5-7-20(16)32-2/h4-13H,3,14H2,1-2H3. The first-order valence-corrected chi connectivity index (χ1v) is 10.3. The Kier molecular flexibility index (Phi) is 4.89. The smallest absolute Gasteiger partial charge is 0.280 e. The maximum Gasteiger partial charge on any atom is 0.280 e. The van der Waals surface area contributed by atoms with Gasteiger partial charge in [0.15, 0.2) is 11.2 Å². The zero-order valence-electron chi connectivity index (χ0n) is 17.6. The number of hydrogen-bond donors (Lipinski definition) is 0. The van der Waals surface area contributed by atoms with Crippen molar-refractivity contribution in [2.75, 3.05) is 7.11 Å².